The van der Waals surface area contributed by atoms with Gasteiger partial charge in [0.25, 0.3) is 11.1 Å². The van der Waals surface area contributed by atoms with Crippen molar-refractivity contribution in [2.45, 2.75) is 227 Å². The van der Waals surface area contributed by atoms with Crippen molar-refractivity contribution in [2.75, 3.05) is 13.1 Å². The van der Waals surface area contributed by atoms with Gasteiger partial charge in [-0.1, -0.05) is 34.1 Å². The van der Waals surface area contributed by atoms with E-state index in [-0.39, 0.29) is 78.7 Å². The molecule has 5 aliphatic heterocycles. The molecule has 95 heavy (non-hydrogen) atoms. The first-order chi connectivity index (χ1) is 44.8. The van der Waals surface area contributed by atoms with Crippen molar-refractivity contribution in [3.05, 3.63) is 114 Å². The molecule has 9 heterocycles. The lowest BCUT2D eigenvalue weighted by Crippen LogP contribution is -2.48. The number of aliphatic hydroxyl groups is 2. The zero-order valence-corrected chi connectivity index (χ0v) is 56.4. The van der Waals surface area contributed by atoms with E-state index in [1.807, 2.05) is 34.6 Å². The molecule has 12 rings (SSSR count). The number of carbonyl (C=O) groups is 6. The summed E-state index contributed by atoms with van der Waals surface area (Å²) in [5.41, 5.74) is 2.27. The van der Waals surface area contributed by atoms with Crippen molar-refractivity contribution in [1.82, 2.24) is 24.0 Å². The zero-order chi connectivity index (χ0) is 68.9. The van der Waals surface area contributed by atoms with E-state index in [2.05, 4.69) is 0 Å². The summed E-state index contributed by atoms with van der Waals surface area (Å²) < 4.78 is 51.8. The molecule has 0 spiro atoms. The molecule has 6 aliphatic rings. The summed E-state index contributed by atoms with van der Waals surface area (Å²) in [6.45, 7) is 24.9. The van der Waals surface area contributed by atoms with Crippen LogP contribution in [-0.2, 0) is 93.1 Å². The summed E-state index contributed by atoms with van der Waals surface area (Å²) in [6.07, 6.45) is 3.88. The molecule has 6 aromatic rings. The Morgan fingerprint density at radius 3 is 1.49 bits per heavy atom. The number of ether oxygens (including phenoxy) is 9. The van der Waals surface area contributed by atoms with Gasteiger partial charge in [0.1, 0.15) is 47.6 Å². The molecule has 2 unspecified atom stereocenters. The van der Waals surface area contributed by atoms with Gasteiger partial charge in [-0.05, 0) is 186 Å². The van der Waals surface area contributed by atoms with E-state index in [1.165, 1.54) is 0 Å². The van der Waals surface area contributed by atoms with Crippen LogP contribution in [0.5, 0.6) is 11.5 Å². The molecule has 0 bridgehead atoms. The van der Waals surface area contributed by atoms with Gasteiger partial charge in [0.05, 0.1) is 64.1 Å². The van der Waals surface area contributed by atoms with Crippen LogP contribution >= 0.6 is 0 Å². The fourth-order valence-electron chi connectivity index (χ4n) is 13.0. The van der Waals surface area contributed by atoms with Crippen LogP contribution in [0.2, 0.25) is 0 Å². The third kappa shape index (κ3) is 14.2. The molecule has 24 nitrogen and oxygen atoms in total. The van der Waals surface area contributed by atoms with Gasteiger partial charge in [0.2, 0.25) is 5.60 Å². The van der Waals surface area contributed by atoms with Crippen molar-refractivity contribution < 1.29 is 81.6 Å². The van der Waals surface area contributed by atoms with Crippen LogP contribution in [0.25, 0.3) is 44.6 Å². The van der Waals surface area contributed by atoms with Crippen molar-refractivity contribution in [2.24, 2.45) is 0 Å². The lowest BCUT2D eigenvalue weighted by molar-refractivity contribution is -0.176. The fourth-order valence-corrected chi connectivity index (χ4v) is 13.0. The number of aryl methyl sites for hydroxylation is 2. The lowest BCUT2D eigenvalue weighted by Gasteiger charge is -2.35. The monoisotopic (exact) mass is 1310 g/mol. The SMILES string of the molecule is CC(C)(C)OC(=O)N1CCC(O)CC1.CCc1c2c(nc3ccc(OC(=O)OC(C)(C)C)cc13)-c1cc3c(c(=O)n1C2)COC(=O)C3(CC)OC(=O)OC1CCCCC1.CCc1c2c(nc3ccc(OC(=O)OC(C)(C)C)cc13)-c1cc3c(c(=O)n1C2)COC(=O)C3(O)CC. The minimum absolute atomic E-state index is 0.0557. The first-order valence-electron chi connectivity index (χ1n) is 32.7. The number of rotatable bonds is 8. The van der Waals surface area contributed by atoms with Crippen molar-refractivity contribution in [1.29, 1.82) is 0 Å². The van der Waals surface area contributed by atoms with Crippen molar-refractivity contribution >= 4 is 58.3 Å². The van der Waals surface area contributed by atoms with Crippen LogP contribution in [0.1, 0.15) is 192 Å². The summed E-state index contributed by atoms with van der Waals surface area (Å²) >= 11 is 0. The zero-order valence-electron chi connectivity index (χ0n) is 56.4. The fraction of sp³-hybridized carbons (Fsp3) is 0.521. The number of carbonyl (C=O) groups excluding carboxylic acids is 6. The number of cyclic esters (lactones) is 2. The van der Waals surface area contributed by atoms with Crippen LogP contribution in [0, 0.1) is 0 Å². The highest BCUT2D eigenvalue weighted by Crippen LogP contribution is 2.45. The van der Waals surface area contributed by atoms with Gasteiger partial charge in [-0.3, -0.25) is 9.59 Å². The number of nitrogens with zero attached hydrogens (tertiary/aromatic N) is 5. The number of aromatic nitrogens is 4. The predicted octanol–water partition coefficient (Wildman–Crippen LogP) is 11.8. The maximum atomic E-state index is 14.0. The molecular formula is C71H85N5O19. The van der Waals surface area contributed by atoms with Crippen LogP contribution < -0.4 is 20.6 Å². The number of esters is 2. The Kier molecular flexibility index (Phi) is 19.4. The molecule has 1 saturated carbocycles. The molecule has 0 radical (unpaired) electrons. The Labute approximate surface area is 550 Å². The standard InChI is InChI=1S/C34H38N2O9.C27H28N2O7.C10H19NO3/c1-6-21-22-15-20(43-31(39)44-33(3,4)5)13-14-26(22)35-28-23(21)17-36-27(28)16-25-24(29(36)37)18-41-30(38)34(25,7-2)45-32(40)42-19-11-9-8-10-12-19;1-6-15-16-10-14(35-25(32)36-26(3,4)5)8-9-20(16)28-22-17(15)12-29-21(22)11-19-18(23(29)30)13-34-24(31)27(19,33)7-2;1-10(2,3)14-9(13)11-6-4-8(12)5-7-11/h13-16,19H,6-12,17-18H2,1-5H3;8-11,33H,6-7,12-13H2,1-5H3;8,12H,4-7H2,1-3H3. The molecular weight excluding hydrogens is 1230 g/mol. The van der Waals surface area contributed by atoms with Crippen LogP contribution in [0.4, 0.5) is 19.2 Å². The highest BCUT2D eigenvalue weighted by molar-refractivity contribution is 5.92. The van der Waals surface area contributed by atoms with E-state index in [0.717, 1.165) is 65.1 Å². The topological polar surface area (TPSA) is 299 Å². The van der Waals surface area contributed by atoms with Crippen LogP contribution in [0.15, 0.2) is 58.1 Å². The van der Waals surface area contributed by atoms with Gasteiger partial charge in [0, 0.05) is 46.1 Å². The number of hydrogen-bond donors (Lipinski definition) is 2. The molecule has 2 N–H and O–H groups in total. The van der Waals surface area contributed by atoms with E-state index < -0.39 is 58.4 Å². The van der Waals surface area contributed by atoms with E-state index in [9.17, 15) is 48.6 Å². The third-order valence-corrected chi connectivity index (χ3v) is 17.6. The van der Waals surface area contributed by atoms with E-state index >= 15 is 0 Å². The van der Waals surface area contributed by atoms with E-state index in [0.29, 0.717) is 96.2 Å². The van der Waals surface area contributed by atoms with Gasteiger partial charge in [0.15, 0.2) is 5.60 Å². The van der Waals surface area contributed by atoms with Crippen LogP contribution in [-0.4, -0.2) is 113 Å². The molecule has 2 atom stereocenters. The summed E-state index contributed by atoms with van der Waals surface area (Å²) in [7, 11) is 0. The third-order valence-electron chi connectivity index (χ3n) is 17.6. The molecule has 2 aromatic carbocycles. The lowest BCUT2D eigenvalue weighted by atomic mass is 9.85. The van der Waals surface area contributed by atoms with Gasteiger partial charge < -0.3 is 66.9 Å². The maximum Gasteiger partial charge on any atom is 0.514 e. The molecule has 24 heteroatoms. The second-order valence-corrected chi connectivity index (χ2v) is 27.6. The van der Waals surface area contributed by atoms with E-state index in [4.69, 9.17) is 52.6 Å². The average Bonchev–Trinajstić information content (AvgIpc) is 1.64. The van der Waals surface area contributed by atoms with Gasteiger partial charge >= 0.3 is 36.5 Å². The van der Waals surface area contributed by atoms with Crippen molar-refractivity contribution in [3.8, 4) is 34.3 Å². The number of amides is 1. The first kappa shape index (κ1) is 68.9. The number of aliphatic hydroxyl groups excluding tert-OH is 1. The first-order valence-corrected chi connectivity index (χ1v) is 32.7. The minimum atomic E-state index is -1.87. The molecule has 1 saturated heterocycles. The number of pyridine rings is 4. The van der Waals surface area contributed by atoms with Crippen molar-refractivity contribution in [3.63, 3.8) is 0 Å². The largest absolute Gasteiger partial charge is 0.514 e. The Morgan fingerprint density at radius 1 is 0.579 bits per heavy atom. The van der Waals surface area contributed by atoms with E-state index in [1.54, 1.807) is 118 Å². The number of hydrogen-bond acceptors (Lipinski definition) is 21. The highest BCUT2D eigenvalue weighted by atomic mass is 16.8. The summed E-state index contributed by atoms with van der Waals surface area (Å²) in [5, 5.41) is 21.9. The molecule has 1 aliphatic carbocycles. The van der Waals surface area contributed by atoms with Gasteiger partial charge in [-0.15, -0.1) is 0 Å². The number of benzene rings is 2. The number of fused-ring (bicyclic) bond motifs is 10. The number of piperidine rings is 1. The highest BCUT2D eigenvalue weighted by Gasteiger charge is 2.52. The minimum Gasteiger partial charge on any atom is -0.458 e. The Balaban J connectivity index is 0.000000175. The average molecular weight is 1310 g/mol. The summed E-state index contributed by atoms with van der Waals surface area (Å²) in [5.74, 6) is -0.839. The maximum absolute atomic E-state index is 14.0. The predicted molar refractivity (Wildman–Crippen MR) is 347 cm³/mol. The summed E-state index contributed by atoms with van der Waals surface area (Å²) in [6, 6.07) is 13.7. The Hall–Kier alpha value is -8.90. The second kappa shape index (κ2) is 26.7. The smallest absolute Gasteiger partial charge is 0.458 e. The Bertz CT molecular complexity index is 4170. The molecule has 4 aromatic heterocycles. The molecule has 1 amide bonds. The normalized spacial score (nSPS) is 19.0. The van der Waals surface area contributed by atoms with Crippen LogP contribution in [0.3, 0.4) is 0 Å². The van der Waals surface area contributed by atoms with Gasteiger partial charge in [-0.2, -0.15) is 0 Å². The number of likely N-dealkylation sites (tertiary alicyclic amines) is 1. The summed E-state index contributed by atoms with van der Waals surface area (Å²) in [4.78, 5) is 114. The molecule has 2 fully saturated rings. The quantitative estimate of drug-likeness (QED) is 0.0811. The second-order valence-electron chi connectivity index (χ2n) is 27.6. The van der Waals surface area contributed by atoms with Gasteiger partial charge in [-0.25, -0.2) is 38.7 Å². The Morgan fingerprint density at radius 2 is 1.04 bits per heavy atom. The molecule has 508 valence electrons.